The van der Waals surface area contributed by atoms with Crippen LogP contribution in [-0.4, -0.2) is 46.2 Å². The molecule has 162 valence electrons. The van der Waals surface area contributed by atoms with Crippen molar-refractivity contribution >= 4 is 5.97 Å². The summed E-state index contributed by atoms with van der Waals surface area (Å²) in [5.74, 6) is 0.243. The summed E-state index contributed by atoms with van der Waals surface area (Å²) < 4.78 is 18.7. The lowest BCUT2D eigenvalue weighted by Gasteiger charge is -2.24. The van der Waals surface area contributed by atoms with Gasteiger partial charge in [-0.3, -0.25) is 4.79 Å². The van der Waals surface area contributed by atoms with Crippen LogP contribution in [-0.2, 0) is 24.1 Å². The van der Waals surface area contributed by atoms with Gasteiger partial charge in [0.1, 0.15) is 11.3 Å². The lowest BCUT2D eigenvalue weighted by Crippen LogP contribution is -2.22. The monoisotopic (exact) mass is 425 g/mol. The fraction of sp³-hybridized carbons (Fsp3) is 0.364. The van der Waals surface area contributed by atoms with Gasteiger partial charge in [0, 0.05) is 50.9 Å². The minimum atomic E-state index is -1.23. The molecule has 0 aliphatic carbocycles. The number of benzene rings is 1. The molecule has 1 aromatic carbocycles. The van der Waals surface area contributed by atoms with E-state index in [4.69, 9.17) is 13.9 Å². The van der Waals surface area contributed by atoms with Crippen molar-refractivity contribution < 1.29 is 23.8 Å². The highest BCUT2D eigenvalue weighted by Gasteiger charge is 2.24. The second-order valence-corrected chi connectivity index (χ2v) is 7.24. The molecule has 0 saturated heterocycles. The molecule has 9 nitrogen and oxygen atoms in total. The standard InChI is InChI=1S/C22H23N3O6/c1-3-20-23-24-21(31-20)15-10-14-13(9-19(15)30-8-4-7-29-2)5-6-25-12-16(22(27)28)18(26)11-17(14)25/h9-12H,3-8H2,1-2H3,(H,27,28). The first-order valence-electron chi connectivity index (χ1n) is 10.1. The Hall–Kier alpha value is -3.46. The highest BCUT2D eigenvalue weighted by Crippen LogP contribution is 2.38. The second-order valence-electron chi connectivity index (χ2n) is 7.24. The first-order chi connectivity index (χ1) is 15.0. The average Bonchev–Trinajstić information content (AvgIpc) is 3.24. The van der Waals surface area contributed by atoms with E-state index in [0.717, 1.165) is 17.5 Å². The Morgan fingerprint density at radius 2 is 2.06 bits per heavy atom. The van der Waals surface area contributed by atoms with Crippen LogP contribution >= 0.6 is 0 Å². The number of aryl methyl sites for hydroxylation is 3. The number of ether oxygens (including phenoxy) is 2. The molecule has 1 N–H and O–H groups in total. The highest BCUT2D eigenvalue weighted by atomic mass is 16.5. The van der Waals surface area contributed by atoms with Gasteiger partial charge in [-0.15, -0.1) is 10.2 Å². The number of aromatic carboxylic acids is 1. The Morgan fingerprint density at radius 1 is 1.23 bits per heavy atom. The van der Waals surface area contributed by atoms with Crippen LogP contribution in [0.4, 0.5) is 0 Å². The number of aromatic nitrogens is 3. The fourth-order valence-electron chi connectivity index (χ4n) is 3.64. The number of nitrogens with zero attached hydrogens (tertiary/aromatic N) is 3. The second kappa shape index (κ2) is 8.73. The lowest BCUT2D eigenvalue weighted by molar-refractivity contribution is 0.0694. The van der Waals surface area contributed by atoms with E-state index in [1.807, 2.05) is 19.1 Å². The van der Waals surface area contributed by atoms with E-state index in [2.05, 4.69) is 10.2 Å². The third kappa shape index (κ3) is 4.09. The Labute approximate surface area is 178 Å². The lowest BCUT2D eigenvalue weighted by atomic mass is 9.94. The first-order valence-corrected chi connectivity index (χ1v) is 10.1. The highest BCUT2D eigenvalue weighted by molar-refractivity contribution is 5.88. The van der Waals surface area contributed by atoms with Crippen molar-refractivity contribution in [1.82, 2.24) is 14.8 Å². The number of carboxylic acid groups (broad SMARTS) is 1. The molecule has 1 aliphatic heterocycles. The zero-order valence-electron chi connectivity index (χ0n) is 17.4. The van der Waals surface area contributed by atoms with Crippen LogP contribution in [0.1, 0.15) is 35.2 Å². The number of hydrogen-bond acceptors (Lipinski definition) is 7. The summed E-state index contributed by atoms with van der Waals surface area (Å²) in [6.07, 6.45) is 3.41. The van der Waals surface area contributed by atoms with Crippen LogP contribution in [0.2, 0.25) is 0 Å². The van der Waals surface area contributed by atoms with Gasteiger partial charge in [-0.05, 0) is 24.1 Å². The van der Waals surface area contributed by atoms with Gasteiger partial charge in [0.25, 0.3) is 5.89 Å². The van der Waals surface area contributed by atoms with Crippen LogP contribution in [0.3, 0.4) is 0 Å². The summed E-state index contributed by atoms with van der Waals surface area (Å²) in [6.45, 7) is 3.54. The van der Waals surface area contributed by atoms with E-state index in [9.17, 15) is 14.7 Å². The zero-order chi connectivity index (χ0) is 22.0. The van der Waals surface area contributed by atoms with Gasteiger partial charge in [-0.2, -0.15) is 0 Å². The zero-order valence-corrected chi connectivity index (χ0v) is 17.4. The largest absolute Gasteiger partial charge is 0.493 e. The predicted molar refractivity (Wildman–Crippen MR) is 111 cm³/mol. The van der Waals surface area contributed by atoms with E-state index < -0.39 is 11.4 Å². The molecule has 4 rings (SSSR count). The number of hydrogen-bond donors (Lipinski definition) is 1. The fourth-order valence-corrected chi connectivity index (χ4v) is 3.64. The Kier molecular flexibility index (Phi) is 5.85. The molecule has 3 aromatic rings. The van der Waals surface area contributed by atoms with Gasteiger partial charge in [0.05, 0.1) is 17.9 Å². The van der Waals surface area contributed by atoms with Gasteiger partial charge < -0.3 is 23.6 Å². The molecule has 0 atom stereocenters. The first kappa shape index (κ1) is 20.8. The van der Waals surface area contributed by atoms with Gasteiger partial charge >= 0.3 is 5.97 Å². The summed E-state index contributed by atoms with van der Waals surface area (Å²) in [4.78, 5) is 23.7. The Balaban J connectivity index is 1.81. The maximum absolute atomic E-state index is 12.3. The van der Waals surface area contributed by atoms with Crippen molar-refractivity contribution in [2.45, 2.75) is 32.7 Å². The predicted octanol–water partition coefficient (Wildman–Crippen LogP) is 2.80. The minimum absolute atomic E-state index is 0.241. The molecule has 31 heavy (non-hydrogen) atoms. The molecule has 0 radical (unpaired) electrons. The summed E-state index contributed by atoms with van der Waals surface area (Å²) in [6, 6.07) is 5.18. The smallest absolute Gasteiger partial charge is 0.341 e. The van der Waals surface area contributed by atoms with Crippen molar-refractivity contribution in [3.05, 3.63) is 51.6 Å². The number of carbonyl (C=O) groups is 1. The molecule has 0 saturated carbocycles. The summed E-state index contributed by atoms with van der Waals surface area (Å²) in [5.41, 5.74) is 2.33. The Bertz CT molecular complexity index is 1180. The number of methoxy groups -OCH3 is 1. The van der Waals surface area contributed by atoms with Crippen molar-refractivity contribution in [3.63, 3.8) is 0 Å². The number of pyridine rings is 1. The SMILES string of the molecule is CCc1nnc(-c2cc3c(cc2OCCCOC)CCn2cc(C(=O)O)c(=O)cc2-3)o1. The van der Waals surface area contributed by atoms with Gasteiger partial charge in [-0.1, -0.05) is 6.92 Å². The van der Waals surface area contributed by atoms with Crippen molar-refractivity contribution in [2.24, 2.45) is 0 Å². The normalized spacial score (nSPS) is 12.3. The molecule has 0 bridgehead atoms. The minimum Gasteiger partial charge on any atom is -0.493 e. The molecule has 0 amide bonds. The van der Waals surface area contributed by atoms with Crippen LogP contribution < -0.4 is 10.2 Å². The third-order valence-electron chi connectivity index (χ3n) is 5.21. The number of fused-ring (bicyclic) bond motifs is 3. The maximum atomic E-state index is 12.3. The molecule has 1 aliphatic rings. The van der Waals surface area contributed by atoms with E-state index in [-0.39, 0.29) is 5.56 Å². The van der Waals surface area contributed by atoms with E-state index in [1.165, 1.54) is 12.3 Å². The Morgan fingerprint density at radius 3 is 2.77 bits per heavy atom. The molecular weight excluding hydrogens is 402 g/mol. The van der Waals surface area contributed by atoms with E-state index in [1.54, 1.807) is 11.7 Å². The molecule has 0 spiro atoms. The quantitative estimate of drug-likeness (QED) is 0.548. The molecule has 9 heteroatoms. The van der Waals surface area contributed by atoms with Gasteiger partial charge in [0.15, 0.2) is 5.43 Å². The van der Waals surface area contributed by atoms with Crippen LogP contribution in [0, 0.1) is 0 Å². The topological polar surface area (TPSA) is 117 Å². The van der Waals surface area contributed by atoms with Crippen LogP contribution in [0.25, 0.3) is 22.7 Å². The van der Waals surface area contributed by atoms with Crippen molar-refractivity contribution in [1.29, 1.82) is 0 Å². The number of carboxylic acids is 1. The van der Waals surface area contributed by atoms with Gasteiger partial charge in [0.2, 0.25) is 5.89 Å². The maximum Gasteiger partial charge on any atom is 0.341 e. The van der Waals surface area contributed by atoms with Crippen molar-refractivity contribution in [3.8, 4) is 28.5 Å². The van der Waals surface area contributed by atoms with E-state index >= 15 is 0 Å². The van der Waals surface area contributed by atoms with Gasteiger partial charge in [-0.25, -0.2) is 4.79 Å². The van der Waals surface area contributed by atoms with Crippen LogP contribution in [0.5, 0.6) is 5.75 Å². The summed E-state index contributed by atoms with van der Waals surface area (Å²) >= 11 is 0. The molecular formula is C22H23N3O6. The summed E-state index contributed by atoms with van der Waals surface area (Å²) in [5, 5.41) is 17.5. The van der Waals surface area contributed by atoms with Crippen LogP contribution in [0.15, 0.2) is 33.6 Å². The van der Waals surface area contributed by atoms with Crippen molar-refractivity contribution in [2.75, 3.05) is 20.3 Å². The molecule has 0 fully saturated rings. The molecule has 0 unspecified atom stereocenters. The average molecular weight is 425 g/mol. The number of rotatable bonds is 8. The van der Waals surface area contributed by atoms with E-state index in [0.29, 0.717) is 61.4 Å². The summed E-state index contributed by atoms with van der Waals surface area (Å²) in [7, 11) is 1.64. The molecule has 3 heterocycles. The third-order valence-corrected chi connectivity index (χ3v) is 5.21. The molecule has 2 aromatic heterocycles.